The Morgan fingerprint density at radius 2 is 2.00 bits per heavy atom. The van der Waals surface area contributed by atoms with Crippen molar-refractivity contribution in [1.29, 1.82) is 0 Å². The first kappa shape index (κ1) is 15.8. The molecule has 21 heavy (non-hydrogen) atoms. The predicted molar refractivity (Wildman–Crippen MR) is 81.1 cm³/mol. The summed E-state index contributed by atoms with van der Waals surface area (Å²) in [6.45, 7) is 12.2. The average molecular weight is 294 g/mol. The van der Waals surface area contributed by atoms with E-state index in [0.717, 1.165) is 50.6 Å². The molecule has 0 unspecified atom stereocenters. The van der Waals surface area contributed by atoms with Gasteiger partial charge in [-0.15, -0.1) is 0 Å². The molecule has 2 rings (SSSR count). The number of piperazine rings is 1. The largest absolute Gasteiger partial charge is 0.361 e. The van der Waals surface area contributed by atoms with E-state index in [1.807, 2.05) is 25.7 Å². The summed E-state index contributed by atoms with van der Waals surface area (Å²) in [5, 5.41) is 7.01. The summed E-state index contributed by atoms with van der Waals surface area (Å²) in [7, 11) is 0. The number of rotatable bonds is 4. The van der Waals surface area contributed by atoms with E-state index in [1.165, 1.54) is 5.56 Å². The molecule has 1 aromatic rings. The normalized spacial score (nSPS) is 17.8. The van der Waals surface area contributed by atoms with E-state index >= 15 is 0 Å². The Labute approximate surface area is 126 Å². The van der Waals surface area contributed by atoms with Gasteiger partial charge in [0.05, 0.1) is 5.69 Å². The number of amides is 2. The van der Waals surface area contributed by atoms with Crippen molar-refractivity contribution in [2.45, 2.75) is 46.7 Å². The van der Waals surface area contributed by atoms with Crippen LogP contribution in [0.15, 0.2) is 4.52 Å². The Morgan fingerprint density at radius 1 is 1.33 bits per heavy atom. The monoisotopic (exact) mass is 294 g/mol. The molecular weight excluding hydrogens is 268 g/mol. The number of urea groups is 1. The van der Waals surface area contributed by atoms with Crippen molar-refractivity contribution in [1.82, 2.24) is 20.3 Å². The zero-order chi connectivity index (χ0) is 15.4. The summed E-state index contributed by atoms with van der Waals surface area (Å²) < 4.78 is 5.20. The maximum atomic E-state index is 12.1. The number of hydrogen-bond donors (Lipinski definition) is 1. The second kappa shape index (κ2) is 6.93. The highest BCUT2D eigenvalue weighted by molar-refractivity contribution is 5.74. The van der Waals surface area contributed by atoms with Gasteiger partial charge in [-0.2, -0.15) is 0 Å². The highest BCUT2D eigenvalue weighted by Gasteiger charge is 2.23. The van der Waals surface area contributed by atoms with Gasteiger partial charge in [-0.05, 0) is 27.2 Å². The first-order chi connectivity index (χ1) is 10.0. The summed E-state index contributed by atoms with van der Waals surface area (Å²) in [5.41, 5.74) is 2.14. The number of aromatic nitrogens is 1. The van der Waals surface area contributed by atoms with Crippen LogP contribution in [0.5, 0.6) is 0 Å². The molecule has 1 N–H and O–H groups in total. The van der Waals surface area contributed by atoms with Crippen LogP contribution >= 0.6 is 0 Å². The van der Waals surface area contributed by atoms with E-state index in [1.54, 1.807) is 0 Å². The topological polar surface area (TPSA) is 61.6 Å². The molecule has 118 valence electrons. The van der Waals surface area contributed by atoms with Crippen molar-refractivity contribution in [3.8, 4) is 0 Å². The van der Waals surface area contributed by atoms with Gasteiger partial charge in [-0.25, -0.2) is 4.79 Å². The van der Waals surface area contributed by atoms with Crippen LogP contribution in [0.4, 0.5) is 4.79 Å². The van der Waals surface area contributed by atoms with E-state index in [0.29, 0.717) is 0 Å². The minimum Gasteiger partial charge on any atom is -0.361 e. The Balaban J connectivity index is 1.82. The maximum Gasteiger partial charge on any atom is 0.317 e. The van der Waals surface area contributed by atoms with Crippen LogP contribution in [0.1, 0.15) is 37.3 Å². The molecular formula is C15H26N4O2. The Morgan fingerprint density at radius 3 is 2.52 bits per heavy atom. The minimum atomic E-state index is 0.0568. The number of carbonyl (C=O) groups excluding carboxylic acids is 1. The molecule has 2 amide bonds. The standard InChI is InChI=1S/C15H26N4O2/c1-5-11(2)16-15(20)19-8-6-18(7-9-19)10-14-12(3)17-21-13(14)4/h11H,5-10H2,1-4H3,(H,16,20)/t11-/m1/s1. The summed E-state index contributed by atoms with van der Waals surface area (Å²) >= 11 is 0. The predicted octanol–water partition coefficient (Wildman–Crippen LogP) is 1.92. The molecule has 1 saturated heterocycles. The van der Waals surface area contributed by atoms with Crippen molar-refractivity contribution < 1.29 is 9.32 Å². The van der Waals surface area contributed by atoms with Gasteiger partial charge in [0.25, 0.3) is 0 Å². The molecule has 1 aliphatic rings. The van der Waals surface area contributed by atoms with Gasteiger partial charge in [0.2, 0.25) is 0 Å². The van der Waals surface area contributed by atoms with Gasteiger partial charge in [0, 0.05) is 44.3 Å². The summed E-state index contributed by atoms with van der Waals surface area (Å²) in [5.74, 6) is 0.893. The lowest BCUT2D eigenvalue weighted by Crippen LogP contribution is -2.52. The lowest BCUT2D eigenvalue weighted by atomic mass is 10.2. The van der Waals surface area contributed by atoms with E-state index in [-0.39, 0.29) is 12.1 Å². The van der Waals surface area contributed by atoms with Crippen molar-refractivity contribution in [3.63, 3.8) is 0 Å². The van der Waals surface area contributed by atoms with Crippen LogP contribution in [0.3, 0.4) is 0 Å². The highest BCUT2D eigenvalue weighted by Crippen LogP contribution is 2.16. The fourth-order valence-electron chi connectivity index (χ4n) is 2.46. The van der Waals surface area contributed by atoms with Gasteiger partial charge >= 0.3 is 6.03 Å². The molecule has 6 nitrogen and oxygen atoms in total. The fourth-order valence-corrected chi connectivity index (χ4v) is 2.46. The van der Waals surface area contributed by atoms with Gasteiger partial charge in [0.15, 0.2) is 0 Å². The Kier molecular flexibility index (Phi) is 5.22. The SMILES string of the molecule is CC[C@@H](C)NC(=O)N1CCN(Cc2c(C)noc2C)CC1. The quantitative estimate of drug-likeness (QED) is 0.921. The van der Waals surface area contributed by atoms with Gasteiger partial charge in [-0.1, -0.05) is 12.1 Å². The third-order valence-electron chi connectivity index (χ3n) is 4.20. The van der Waals surface area contributed by atoms with Crippen molar-refractivity contribution in [3.05, 3.63) is 17.0 Å². The fraction of sp³-hybridized carbons (Fsp3) is 0.733. The van der Waals surface area contributed by atoms with Gasteiger partial charge in [0.1, 0.15) is 5.76 Å². The Bertz CT molecular complexity index is 459. The zero-order valence-electron chi connectivity index (χ0n) is 13.5. The smallest absolute Gasteiger partial charge is 0.317 e. The molecule has 0 radical (unpaired) electrons. The molecule has 0 aromatic carbocycles. The number of aryl methyl sites for hydroxylation is 2. The average Bonchev–Trinajstić information content (AvgIpc) is 2.79. The summed E-state index contributed by atoms with van der Waals surface area (Å²) in [4.78, 5) is 16.3. The first-order valence-corrected chi connectivity index (χ1v) is 7.70. The third kappa shape index (κ3) is 3.97. The number of hydrogen-bond acceptors (Lipinski definition) is 4. The van der Waals surface area contributed by atoms with Crippen LogP contribution in [0.2, 0.25) is 0 Å². The molecule has 1 aliphatic heterocycles. The van der Waals surface area contributed by atoms with Crippen LogP contribution < -0.4 is 5.32 Å². The zero-order valence-corrected chi connectivity index (χ0v) is 13.5. The van der Waals surface area contributed by atoms with Crippen LogP contribution in [0, 0.1) is 13.8 Å². The van der Waals surface area contributed by atoms with E-state index in [2.05, 4.69) is 22.3 Å². The highest BCUT2D eigenvalue weighted by atomic mass is 16.5. The molecule has 1 atom stereocenters. The summed E-state index contributed by atoms with van der Waals surface area (Å²) in [6, 6.07) is 0.291. The molecule has 6 heteroatoms. The minimum absolute atomic E-state index is 0.0568. The van der Waals surface area contributed by atoms with Crippen LogP contribution in [-0.2, 0) is 6.54 Å². The molecule has 0 aliphatic carbocycles. The second-order valence-electron chi connectivity index (χ2n) is 5.82. The number of nitrogens with zero attached hydrogens (tertiary/aromatic N) is 3. The maximum absolute atomic E-state index is 12.1. The molecule has 1 fully saturated rings. The van der Waals surface area contributed by atoms with Gasteiger partial charge < -0.3 is 14.7 Å². The van der Waals surface area contributed by atoms with E-state index < -0.39 is 0 Å². The summed E-state index contributed by atoms with van der Waals surface area (Å²) in [6.07, 6.45) is 0.956. The van der Waals surface area contributed by atoms with Gasteiger partial charge in [-0.3, -0.25) is 4.90 Å². The molecule has 0 saturated carbocycles. The molecule has 0 bridgehead atoms. The lowest BCUT2D eigenvalue weighted by Gasteiger charge is -2.35. The first-order valence-electron chi connectivity index (χ1n) is 7.70. The molecule has 2 heterocycles. The van der Waals surface area contributed by atoms with Crippen molar-refractivity contribution >= 4 is 6.03 Å². The van der Waals surface area contributed by atoms with Crippen molar-refractivity contribution in [2.75, 3.05) is 26.2 Å². The lowest BCUT2D eigenvalue weighted by molar-refractivity contribution is 0.133. The number of nitrogens with one attached hydrogen (secondary N) is 1. The van der Waals surface area contributed by atoms with Crippen LogP contribution in [0.25, 0.3) is 0 Å². The molecule has 0 spiro atoms. The third-order valence-corrected chi connectivity index (χ3v) is 4.20. The molecule has 1 aromatic heterocycles. The van der Waals surface area contributed by atoms with Crippen molar-refractivity contribution in [2.24, 2.45) is 0 Å². The van der Waals surface area contributed by atoms with Crippen LogP contribution in [-0.4, -0.2) is 53.2 Å². The second-order valence-corrected chi connectivity index (χ2v) is 5.82. The van der Waals surface area contributed by atoms with E-state index in [9.17, 15) is 4.79 Å². The Hall–Kier alpha value is -1.56. The number of carbonyl (C=O) groups is 1. The van der Waals surface area contributed by atoms with E-state index in [4.69, 9.17) is 4.52 Å².